The smallest absolute Gasteiger partial charge is 0.107 e. The summed E-state index contributed by atoms with van der Waals surface area (Å²) in [6, 6.07) is 0. The standard InChI is InChI=1S/C4H7NO/c1-2-4-6-5-3-1/h2,4-5H,1,3H2. The van der Waals surface area contributed by atoms with Crippen molar-refractivity contribution in [3.8, 4) is 0 Å². The third-order valence-corrected chi connectivity index (χ3v) is 0.661. The van der Waals surface area contributed by atoms with E-state index in [1.54, 1.807) is 6.26 Å². The lowest BCUT2D eigenvalue weighted by Crippen LogP contribution is -2.14. The molecular formula is C4H7NO. The van der Waals surface area contributed by atoms with Gasteiger partial charge >= 0.3 is 0 Å². The van der Waals surface area contributed by atoms with Crippen molar-refractivity contribution in [2.24, 2.45) is 0 Å². The summed E-state index contributed by atoms with van der Waals surface area (Å²) in [6.07, 6.45) is 4.72. The summed E-state index contributed by atoms with van der Waals surface area (Å²) < 4.78 is 0. The third-order valence-electron chi connectivity index (χ3n) is 0.661. The van der Waals surface area contributed by atoms with Gasteiger partial charge in [-0.2, -0.15) is 5.48 Å². The Labute approximate surface area is 36.8 Å². The first-order valence-corrected chi connectivity index (χ1v) is 2.03. The molecule has 1 aliphatic rings. The zero-order chi connectivity index (χ0) is 4.24. The number of rotatable bonds is 0. The van der Waals surface area contributed by atoms with Crippen molar-refractivity contribution in [2.45, 2.75) is 6.42 Å². The summed E-state index contributed by atoms with van der Waals surface area (Å²) in [6.45, 7) is 0.941. The second-order valence-corrected chi connectivity index (χ2v) is 1.17. The molecule has 0 unspecified atom stereocenters. The quantitative estimate of drug-likeness (QED) is 0.460. The van der Waals surface area contributed by atoms with E-state index in [0.717, 1.165) is 13.0 Å². The maximum absolute atomic E-state index is 4.64. The third kappa shape index (κ3) is 0.723. The number of hydrogen-bond acceptors (Lipinski definition) is 2. The Hall–Kier alpha value is -0.500. The van der Waals surface area contributed by atoms with Gasteiger partial charge in [-0.15, -0.1) is 0 Å². The molecule has 1 N–H and O–H groups in total. The summed E-state index contributed by atoms with van der Waals surface area (Å²) >= 11 is 0. The van der Waals surface area contributed by atoms with E-state index in [1.807, 2.05) is 6.08 Å². The van der Waals surface area contributed by atoms with Crippen molar-refractivity contribution < 1.29 is 4.84 Å². The minimum absolute atomic E-state index is 0.941. The topological polar surface area (TPSA) is 21.3 Å². The van der Waals surface area contributed by atoms with Crippen LogP contribution in [-0.2, 0) is 4.84 Å². The fourth-order valence-corrected chi connectivity index (χ4v) is 0.365. The lowest BCUT2D eigenvalue weighted by molar-refractivity contribution is 0.125. The predicted octanol–water partition coefficient (Wildman–Crippen LogP) is 0.425. The highest BCUT2D eigenvalue weighted by Crippen LogP contribution is 1.85. The molecule has 0 aromatic rings. The summed E-state index contributed by atoms with van der Waals surface area (Å²) in [5.74, 6) is 0. The first-order valence-electron chi connectivity index (χ1n) is 2.03. The highest BCUT2D eigenvalue weighted by molar-refractivity contribution is 4.75. The van der Waals surface area contributed by atoms with E-state index in [2.05, 4.69) is 10.3 Å². The summed E-state index contributed by atoms with van der Waals surface area (Å²) in [5.41, 5.74) is 2.70. The molecule has 0 amide bonds. The van der Waals surface area contributed by atoms with Crippen LogP contribution in [-0.4, -0.2) is 6.54 Å². The Morgan fingerprint density at radius 3 is 2.83 bits per heavy atom. The van der Waals surface area contributed by atoms with Crippen LogP contribution in [0.4, 0.5) is 0 Å². The second-order valence-electron chi connectivity index (χ2n) is 1.17. The van der Waals surface area contributed by atoms with Crippen LogP contribution in [0.5, 0.6) is 0 Å². The number of hydrogen-bond donors (Lipinski definition) is 1. The van der Waals surface area contributed by atoms with E-state index in [4.69, 9.17) is 0 Å². The van der Waals surface area contributed by atoms with E-state index < -0.39 is 0 Å². The molecule has 0 radical (unpaired) electrons. The van der Waals surface area contributed by atoms with E-state index in [9.17, 15) is 0 Å². The summed E-state index contributed by atoms with van der Waals surface area (Å²) in [4.78, 5) is 4.64. The SMILES string of the molecule is C1=CONCC1. The average Bonchev–Trinajstić information content (AvgIpc) is 1.72. The van der Waals surface area contributed by atoms with Crippen LogP contribution in [0, 0.1) is 0 Å². The Morgan fingerprint density at radius 1 is 1.67 bits per heavy atom. The molecule has 1 heterocycles. The zero-order valence-corrected chi connectivity index (χ0v) is 3.48. The molecule has 6 heavy (non-hydrogen) atoms. The van der Waals surface area contributed by atoms with Crippen LogP contribution in [0.25, 0.3) is 0 Å². The lowest BCUT2D eigenvalue weighted by Gasteiger charge is -2.03. The Morgan fingerprint density at radius 2 is 2.67 bits per heavy atom. The van der Waals surface area contributed by atoms with Gasteiger partial charge in [-0.05, 0) is 12.5 Å². The van der Waals surface area contributed by atoms with Crippen LogP contribution in [0.2, 0.25) is 0 Å². The Balaban J connectivity index is 2.26. The van der Waals surface area contributed by atoms with Gasteiger partial charge in [-0.25, -0.2) is 0 Å². The molecule has 34 valence electrons. The van der Waals surface area contributed by atoms with Crippen molar-refractivity contribution in [3.05, 3.63) is 12.3 Å². The molecular weight excluding hydrogens is 78.0 g/mol. The maximum atomic E-state index is 4.64. The van der Waals surface area contributed by atoms with E-state index in [0.29, 0.717) is 0 Å². The highest BCUT2D eigenvalue weighted by atomic mass is 16.6. The predicted molar refractivity (Wildman–Crippen MR) is 22.8 cm³/mol. The largest absolute Gasteiger partial charge is 0.417 e. The molecule has 2 heteroatoms. The van der Waals surface area contributed by atoms with Crippen LogP contribution in [0.15, 0.2) is 12.3 Å². The van der Waals surface area contributed by atoms with Crippen molar-refractivity contribution in [1.29, 1.82) is 0 Å². The molecule has 0 atom stereocenters. The molecule has 0 saturated carbocycles. The molecule has 0 saturated heterocycles. The van der Waals surface area contributed by atoms with Gasteiger partial charge in [-0.3, -0.25) is 0 Å². The van der Waals surface area contributed by atoms with Crippen LogP contribution < -0.4 is 5.48 Å². The minimum Gasteiger partial charge on any atom is -0.417 e. The molecule has 1 aliphatic heterocycles. The first kappa shape index (κ1) is 3.68. The second kappa shape index (κ2) is 1.82. The van der Waals surface area contributed by atoms with E-state index in [-0.39, 0.29) is 0 Å². The van der Waals surface area contributed by atoms with Gasteiger partial charge in [0.2, 0.25) is 0 Å². The fraction of sp³-hybridized carbons (Fsp3) is 0.500. The highest BCUT2D eigenvalue weighted by Gasteiger charge is 1.84. The van der Waals surface area contributed by atoms with E-state index >= 15 is 0 Å². The molecule has 0 fully saturated rings. The van der Waals surface area contributed by atoms with Crippen molar-refractivity contribution in [2.75, 3.05) is 6.54 Å². The lowest BCUT2D eigenvalue weighted by atomic mass is 10.4. The minimum atomic E-state index is 0.941. The van der Waals surface area contributed by atoms with Crippen molar-refractivity contribution in [1.82, 2.24) is 5.48 Å². The maximum Gasteiger partial charge on any atom is 0.107 e. The van der Waals surface area contributed by atoms with Gasteiger partial charge in [-0.1, -0.05) is 0 Å². The van der Waals surface area contributed by atoms with Gasteiger partial charge in [0.25, 0.3) is 0 Å². The van der Waals surface area contributed by atoms with Crippen molar-refractivity contribution in [3.63, 3.8) is 0 Å². The molecule has 0 aliphatic carbocycles. The zero-order valence-electron chi connectivity index (χ0n) is 3.48. The summed E-state index contributed by atoms with van der Waals surface area (Å²) in [5, 5.41) is 0. The van der Waals surface area contributed by atoms with Gasteiger partial charge in [0.1, 0.15) is 6.26 Å². The first-order chi connectivity index (χ1) is 3.00. The molecule has 0 aromatic carbocycles. The van der Waals surface area contributed by atoms with Gasteiger partial charge in [0, 0.05) is 6.54 Å². The van der Waals surface area contributed by atoms with Crippen LogP contribution >= 0.6 is 0 Å². The van der Waals surface area contributed by atoms with E-state index in [1.165, 1.54) is 0 Å². The van der Waals surface area contributed by atoms with Crippen molar-refractivity contribution >= 4 is 0 Å². The summed E-state index contributed by atoms with van der Waals surface area (Å²) in [7, 11) is 0. The molecule has 0 spiro atoms. The van der Waals surface area contributed by atoms with Crippen LogP contribution in [0.3, 0.4) is 0 Å². The van der Waals surface area contributed by atoms with Crippen LogP contribution in [0.1, 0.15) is 6.42 Å². The molecule has 1 rings (SSSR count). The average molecular weight is 85.1 g/mol. The van der Waals surface area contributed by atoms with Gasteiger partial charge < -0.3 is 4.84 Å². The number of hydroxylamine groups is 1. The monoisotopic (exact) mass is 85.1 g/mol. The normalized spacial score (nSPS) is 20.0. The molecule has 0 bridgehead atoms. The number of nitrogens with one attached hydrogen (secondary N) is 1. The fourth-order valence-electron chi connectivity index (χ4n) is 0.365. The molecule has 2 nitrogen and oxygen atoms in total. The molecule has 0 aromatic heterocycles. The Kier molecular flexibility index (Phi) is 1.12. The van der Waals surface area contributed by atoms with Gasteiger partial charge in [0.05, 0.1) is 0 Å². The van der Waals surface area contributed by atoms with Gasteiger partial charge in [0.15, 0.2) is 0 Å². The Bertz CT molecular complexity index is 52.6.